The third kappa shape index (κ3) is 3.24. The van der Waals surface area contributed by atoms with Gasteiger partial charge in [-0.2, -0.15) is 0 Å². The first-order chi connectivity index (χ1) is 8.70. The van der Waals surface area contributed by atoms with Gasteiger partial charge in [-0.1, -0.05) is 12.1 Å². The molecule has 1 N–H and O–H groups in total. The Balaban J connectivity index is 1.93. The maximum Gasteiger partial charge on any atom is 0.115 e. The summed E-state index contributed by atoms with van der Waals surface area (Å²) < 4.78 is 5.23. The van der Waals surface area contributed by atoms with Crippen LogP contribution in [0.4, 0.5) is 0 Å². The van der Waals surface area contributed by atoms with E-state index in [4.69, 9.17) is 4.74 Å². The van der Waals surface area contributed by atoms with E-state index in [9.17, 15) is 5.11 Å². The van der Waals surface area contributed by atoms with E-state index in [0.717, 1.165) is 19.7 Å². The zero-order valence-corrected chi connectivity index (χ0v) is 11.3. The monoisotopic (exact) mass is 249 g/mol. The number of piperidine rings is 1. The minimum absolute atomic E-state index is 0.355. The molecule has 1 aromatic rings. The highest BCUT2D eigenvalue weighted by Crippen LogP contribution is 2.28. The van der Waals surface area contributed by atoms with E-state index in [2.05, 4.69) is 17.9 Å². The Morgan fingerprint density at radius 3 is 2.72 bits per heavy atom. The van der Waals surface area contributed by atoms with Crippen molar-refractivity contribution < 1.29 is 9.84 Å². The van der Waals surface area contributed by atoms with Crippen LogP contribution in [0.1, 0.15) is 31.4 Å². The number of rotatable bonds is 4. The first kappa shape index (κ1) is 13.4. The smallest absolute Gasteiger partial charge is 0.115 e. The molecule has 0 radical (unpaired) electrons. The fourth-order valence-corrected chi connectivity index (χ4v) is 2.74. The van der Waals surface area contributed by atoms with Gasteiger partial charge in [-0.15, -0.1) is 0 Å². The fraction of sp³-hybridized carbons (Fsp3) is 0.600. The molecule has 1 atom stereocenters. The van der Waals surface area contributed by atoms with Crippen LogP contribution in [0.25, 0.3) is 0 Å². The Bertz CT molecular complexity index is 373. The molecule has 1 aliphatic rings. The van der Waals surface area contributed by atoms with Crippen LogP contribution in [-0.4, -0.2) is 36.8 Å². The van der Waals surface area contributed by atoms with E-state index in [-0.39, 0.29) is 0 Å². The molecule has 0 amide bonds. The predicted octanol–water partition coefficient (Wildman–Crippen LogP) is 2.81. The molecule has 100 valence electrons. The largest absolute Gasteiger partial charge is 0.508 e. The first-order valence-corrected chi connectivity index (χ1v) is 6.72. The number of likely N-dealkylation sites (tertiary alicyclic amines) is 1. The standard InChI is InChI=1S/C15H23NO2/c1-12(14-4-3-5-15(17)10-14)16-8-6-13(7-9-16)11-18-2/h3-5,10,12-13,17H,6-9,11H2,1-2H3. The summed E-state index contributed by atoms with van der Waals surface area (Å²) >= 11 is 0. The second kappa shape index (κ2) is 6.21. The topological polar surface area (TPSA) is 32.7 Å². The van der Waals surface area contributed by atoms with Crippen molar-refractivity contribution in [2.24, 2.45) is 5.92 Å². The number of benzene rings is 1. The van der Waals surface area contributed by atoms with E-state index >= 15 is 0 Å². The van der Waals surface area contributed by atoms with Crippen molar-refractivity contribution in [3.8, 4) is 5.75 Å². The molecule has 3 nitrogen and oxygen atoms in total. The van der Waals surface area contributed by atoms with E-state index < -0.39 is 0 Å². The average Bonchev–Trinajstić information content (AvgIpc) is 2.39. The van der Waals surface area contributed by atoms with Gasteiger partial charge in [0, 0.05) is 19.8 Å². The molecule has 1 saturated heterocycles. The first-order valence-electron chi connectivity index (χ1n) is 6.72. The van der Waals surface area contributed by atoms with Crippen molar-refractivity contribution in [3.05, 3.63) is 29.8 Å². The molecule has 0 saturated carbocycles. The number of methoxy groups -OCH3 is 1. The average molecular weight is 249 g/mol. The number of ether oxygens (including phenoxy) is 1. The molecule has 1 fully saturated rings. The molecule has 0 aromatic heterocycles. The van der Waals surface area contributed by atoms with Crippen molar-refractivity contribution in [2.45, 2.75) is 25.8 Å². The highest BCUT2D eigenvalue weighted by Gasteiger charge is 2.23. The molecule has 0 bridgehead atoms. The summed E-state index contributed by atoms with van der Waals surface area (Å²) in [6.07, 6.45) is 2.41. The van der Waals surface area contributed by atoms with Crippen molar-refractivity contribution in [3.63, 3.8) is 0 Å². The summed E-state index contributed by atoms with van der Waals surface area (Å²) in [5.41, 5.74) is 1.19. The van der Waals surface area contributed by atoms with Crippen molar-refractivity contribution in [1.82, 2.24) is 4.90 Å². The van der Waals surface area contributed by atoms with Crippen LogP contribution in [0.3, 0.4) is 0 Å². The molecule has 1 heterocycles. The second-order valence-corrected chi connectivity index (χ2v) is 5.21. The molecule has 3 heteroatoms. The predicted molar refractivity (Wildman–Crippen MR) is 72.7 cm³/mol. The van der Waals surface area contributed by atoms with Gasteiger partial charge < -0.3 is 9.84 Å². The Morgan fingerprint density at radius 2 is 2.11 bits per heavy atom. The molecular weight excluding hydrogens is 226 g/mol. The van der Waals surface area contributed by atoms with Gasteiger partial charge in [0.15, 0.2) is 0 Å². The number of nitrogens with zero attached hydrogens (tertiary/aromatic N) is 1. The van der Waals surface area contributed by atoms with Crippen molar-refractivity contribution in [2.75, 3.05) is 26.8 Å². The summed E-state index contributed by atoms with van der Waals surface area (Å²) in [7, 11) is 1.78. The lowest BCUT2D eigenvalue weighted by atomic mass is 9.95. The summed E-state index contributed by atoms with van der Waals surface area (Å²) in [6, 6.07) is 7.97. The van der Waals surface area contributed by atoms with Crippen LogP contribution >= 0.6 is 0 Å². The van der Waals surface area contributed by atoms with Gasteiger partial charge in [-0.25, -0.2) is 0 Å². The van der Waals surface area contributed by atoms with E-state index in [1.54, 1.807) is 13.2 Å². The molecule has 0 spiro atoms. The van der Waals surface area contributed by atoms with Gasteiger partial charge in [0.1, 0.15) is 5.75 Å². The summed E-state index contributed by atoms with van der Waals surface area (Å²) in [6.45, 7) is 5.33. The third-order valence-corrected chi connectivity index (χ3v) is 3.95. The summed E-state index contributed by atoms with van der Waals surface area (Å²) in [5, 5.41) is 9.54. The zero-order chi connectivity index (χ0) is 13.0. The van der Waals surface area contributed by atoms with Gasteiger partial charge in [0.2, 0.25) is 0 Å². The Kier molecular flexibility index (Phi) is 4.61. The van der Waals surface area contributed by atoms with E-state index in [1.807, 2.05) is 12.1 Å². The number of hydrogen-bond acceptors (Lipinski definition) is 3. The number of phenolic OH excluding ortho intramolecular Hbond substituents is 1. The fourth-order valence-electron chi connectivity index (χ4n) is 2.74. The van der Waals surface area contributed by atoms with Gasteiger partial charge in [0.05, 0.1) is 0 Å². The van der Waals surface area contributed by atoms with Crippen LogP contribution in [0.5, 0.6) is 5.75 Å². The Labute approximate surface area is 109 Å². The van der Waals surface area contributed by atoms with Crippen LogP contribution < -0.4 is 0 Å². The highest BCUT2D eigenvalue weighted by atomic mass is 16.5. The molecule has 1 aliphatic heterocycles. The minimum Gasteiger partial charge on any atom is -0.508 e. The van der Waals surface area contributed by atoms with Gasteiger partial charge in [-0.3, -0.25) is 4.90 Å². The van der Waals surface area contributed by atoms with Gasteiger partial charge >= 0.3 is 0 Å². The van der Waals surface area contributed by atoms with Gasteiger partial charge in [-0.05, 0) is 56.5 Å². The lowest BCUT2D eigenvalue weighted by molar-refractivity contribution is 0.0833. The lowest BCUT2D eigenvalue weighted by Gasteiger charge is -2.36. The lowest BCUT2D eigenvalue weighted by Crippen LogP contribution is -2.36. The van der Waals surface area contributed by atoms with Crippen LogP contribution in [-0.2, 0) is 4.74 Å². The molecule has 1 unspecified atom stereocenters. The van der Waals surface area contributed by atoms with Gasteiger partial charge in [0.25, 0.3) is 0 Å². The molecule has 0 aliphatic carbocycles. The van der Waals surface area contributed by atoms with E-state index in [1.165, 1.54) is 18.4 Å². The van der Waals surface area contributed by atoms with Crippen LogP contribution in [0, 0.1) is 5.92 Å². The van der Waals surface area contributed by atoms with E-state index in [0.29, 0.717) is 17.7 Å². The van der Waals surface area contributed by atoms with Crippen LogP contribution in [0.2, 0.25) is 0 Å². The number of hydrogen-bond donors (Lipinski definition) is 1. The normalized spacial score (nSPS) is 19.9. The van der Waals surface area contributed by atoms with Crippen molar-refractivity contribution in [1.29, 1.82) is 0 Å². The Hall–Kier alpha value is -1.06. The SMILES string of the molecule is COCC1CCN(C(C)c2cccc(O)c2)CC1. The molecule has 18 heavy (non-hydrogen) atoms. The third-order valence-electron chi connectivity index (χ3n) is 3.95. The molecule has 2 rings (SSSR count). The maximum absolute atomic E-state index is 9.54. The second-order valence-electron chi connectivity index (χ2n) is 5.21. The van der Waals surface area contributed by atoms with Crippen LogP contribution in [0.15, 0.2) is 24.3 Å². The van der Waals surface area contributed by atoms with Crippen molar-refractivity contribution >= 4 is 0 Å². The Morgan fingerprint density at radius 1 is 1.39 bits per heavy atom. The quantitative estimate of drug-likeness (QED) is 0.890. The maximum atomic E-state index is 9.54. The summed E-state index contributed by atoms with van der Waals surface area (Å²) in [5.74, 6) is 1.07. The summed E-state index contributed by atoms with van der Waals surface area (Å²) in [4.78, 5) is 2.49. The minimum atomic E-state index is 0.355. The molecular formula is C15H23NO2. The highest BCUT2D eigenvalue weighted by molar-refractivity contribution is 5.29. The number of aromatic hydroxyl groups is 1. The molecule has 1 aromatic carbocycles. The number of phenols is 1. The zero-order valence-electron chi connectivity index (χ0n) is 11.3.